The molecule has 7 aromatic carbocycles. The molecular formula is C62H86N2. The average Bonchev–Trinajstić information content (AvgIpc) is 4.00. The van der Waals surface area contributed by atoms with Crippen LogP contribution in [0, 0.1) is 0 Å². The molecule has 344 valence electrons. The van der Waals surface area contributed by atoms with Gasteiger partial charge in [-0.3, -0.25) is 0 Å². The number of para-hydroxylation sites is 2. The Morgan fingerprint density at radius 3 is 0.797 bits per heavy atom. The first-order valence-electron chi connectivity index (χ1n) is 25.0. The molecule has 0 radical (unpaired) electrons. The van der Waals surface area contributed by atoms with Gasteiger partial charge in [0.15, 0.2) is 0 Å². The van der Waals surface area contributed by atoms with Crippen LogP contribution in [0.5, 0.6) is 0 Å². The molecule has 0 bridgehead atoms. The second-order valence-corrected chi connectivity index (χ2v) is 12.1. The first-order valence-corrected chi connectivity index (χ1v) is 25.0. The van der Waals surface area contributed by atoms with Crippen molar-refractivity contribution in [2.45, 2.75) is 137 Å². The van der Waals surface area contributed by atoms with E-state index in [9.17, 15) is 0 Å². The van der Waals surface area contributed by atoms with Gasteiger partial charge in [-0.15, -0.1) is 0 Å². The van der Waals surface area contributed by atoms with Gasteiger partial charge in [-0.1, -0.05) is 234 Å². The van der Waals surface area contributed by atoms with Gasteiger partial charge >= 0.3 is 0 Å². The molecular weight excluding hydrogens is 773 g/mol. The molecule has 0 saturated carbocycles. The summed E-state index contributed by atoms with van der Waals surface area (Å²) in [5.41, 5.74) is 17.8. The summed E-state index contributed by atoms with van der Waals surface area (Å²) in [6.07, 6.45) is 1.94. The van der Waals surface area contributed by atoms with Crippen LogP contribution >= 0.6 is 0 Å². The Morgan fingerprint density at radius 1 is 0.234 bits per heavy atom. The minimum atomic E-state index is 0.970. The standard InChI is InChI=1S/C44H32N2.9C2H6/c1-3-17-35(18-4-1)45(41-23-11-15-33-29-31-13-7-9-21-39(31)43(33)41)37-25-27-38(28-26-37)46(36-19-5-2-6-20-36)42-24-12-16-34-30-32-14-8-10-22-40(32)44(34)42;9*1-2/h1-28H,29-30H2;9*1-2H3. The topological polar surface area (TPSA) is 6.48 Å². The molecule has 0 aromatic heterocycles. The van der Waals surface area contributed by atoms with Gasteiger partial charge in [0, 0.05) is 33.9 Å². The second kappa shape index (κ2) is 34.6. The highest BCUT2D eigenvalue weighted by Gasteiger charge is 2.27. The molecule has 0 fully saturated rings. The largest absolute Gasteiger partial charge is 0.310 e. The summed E-state index contributed by atoms with van der Waals surface area (Å²) >= 11 is 0. The fourth-order valence-corrected chi connectivity index (χ4v) is 7.47. The Morgan fingerprint density at radius 2 is 0.484 bits per heavy atom. The quantitative estimate of drug-likeness (QED) is 0.164. The van der Waals surface area contributed by atoms with Crippen LogP contribution in [0.3, 0.4) is 0 Å². The number of benzene rings is 7. The number of rotatable bonds is 6. The van der Waals surface area contributed by atoms with Crippen molar-refractivity contribution in [2.24, 2.45) is 0 Å². The lowest BCUT2D eigenvalue weighted by molar-refractivity contribution is 1.23. The Kier molecular flexibility index (Phi) is 31.4. The zero-order valence-corrected chi connectivity index (χ0v) is 43.5. The van der Waals surface area contributed by atoms with E-state index in [1.165, 1.54) is 55.9 Å². The van der Waals surface area contributed by atoms with Crippen molar-refractivity contribution >= 4 is 34.1 Å². The first-order chi connectivity index (χ1) is 31.8. The highest BCUT2D eigenvalue weighted by Crippen LogP contribution is 2.49. The van der Waals surface area contributed by atoms with Crippen molar-refractivity contribution in [3.63, 3.8) is 0 Å². The zero-order chi connectivity index (χ0) is 48.5. The van der Waals surface area contributed by atoms with Gasteiger partial charge < -0.3 is 9.80 Å². The molecule has 2 nitrogen and oxygen atoms in total. The highest BCUT2D eigenvalue weighted by molar-refractivity contribution is 5.95. The van der Waals surface area contributed by atoms with E-state index in [1.807, 2.05) is 125 Å². The van der Waals surface area contributed by atoms with Crippen molar-refractivity contribution in [1.29, 1.82) is 0 Å². The van der Waals surface area contributed by atoms with E-state index in [-0.39, 0.29) is 0 Å². The molecule has 0 saturated heterocycles. The van der Waals surface area contributed by atoms with E-state index in [1.54, 1.807) is 0 Å². The molecule has 0 heterocycles. The first kappa shape index (κ1) is 58.1. The summed E-state index contributed by atoms with van der Waals surface area (Å²) in [7, 11) is 0. The molecule has 0 amide bonds. The normalized spacial score (nSPS) is 9.59. The number of hydrogen-bond donors (Lipinski definition) is 0. The SMILES string of the molecule is CC.CC.CC.CC.CC.CC.CC.CC.CC.c1ccc(N(c2ccc(N(c3ccccc3)c3cccc4c3-c3ccccc3C4)cc2)c2cccc3c2-c2ccccc2C3)cc1. The second-order valence-electron chi connectivity index (χ2n) is 12.1. The molecule has 9 rings (SSSR count). The van der Waals surface area contributed by atoms with E-state index < -0.39 is 0 Å². The van der Waals surface area contributed by atoms with Crippen LogP contribution in [0.15, 0.2) is 170 Å². The summed E-state index contributed by atoms with van der Waals surface area (Å²) in [5.74, 6) is 0. The van der Waals surface area contributed by atoms with E-state index in [0.29, 0.717) is 0 Å². The number of hydrogen-bond acceptors (Lipinski definition) is 2. The fourth-order valence-electron chi connectivity index (χ4n) is 7.47. The lowest BCUT2D eigenvalue weighted by atomic mass is 10.0. The van der Waals surface area contributed by atoms with E-state index in [4.69, 9.17) is 0 Å². The van der Waals surface area contributed by atoms with Crippen molar-refractivity contribution in [2.75, 3.05) is 9.80 Å². The molecule has 7 aromatic rings. The fraction of sp³-hybridized carbons (Fsp3) is 0.323. The van der Waals surface area contributed by atoms with Crippen LogP contribution in [0.1, 0.15) is 147 Å². The number of fused-ring (bicyclic) bond motifs is 6. The number of nitrogens with zero attached hydrogens (tertiary/aromatic N) is 2. The van der Waals surface area contributed by atoms with Crippen LogP contribution in [0.2, 0.25) is 0 Å². The summed E-state index contributed by atoms with van der Waals surface area (Å²) < 4.78 is 0. The third-order valence-electron chi connectivity index (χ3n) is 9.47. The van der Waals surface area contributed by atoms with Crippen LogP contribution in [-0.4, -0.2) is 0 Å². The molecule has 0 atom stereocenters. The summed E-state index contributed by atoms with van der Waals surface area (Å²) in [5, 5.41) is 0. The van der Waals surface area contributed by atoms with Gasteiger partial charge in [-0.2, -0.15) is 0 Å². The lowest BCUT2D eigenvalue weighted by Crippen LogP contribution is -2.13. The Bertz CT molecular complexity index is 2040. The van der Waals surface area contributed by atoms with Crippen LogP contribution in [-0.2, 0) is 12.8 Å². The molecule has 2 heteroatoms. The van der Waals surface area contributed by atoms with Gasteiger partial charge in [0.1, 0.15) is 0 Å². The summed E-state index contributed by atoms with van der Waals surface area (Å²) in [4.78, 5) is 4.82. The van der Waals surface area contributed by atoms with E-state index in [0.717, 1.165) is 35.6 Å². The maximum atomic E-state index is 2.41. The molecule has 2 aliphatic rings. The molecule has 0 N–H and O–H groups in total. The van der Waals surface area contributed by atoms with Gasteiger partial charge in [-0.25, -0.2) is 0 Å². The van der Waals surface area contributed by atoms with Gasteiger partial charge in [0.05, 0.1) is 11.4 Å². The monoisotopic (exact) mass is 859 g/mol. The van der Waals surface area contributed by atoms with Gasteiger partial charge in [0.25, 0.3) is 0 Å². The summed E-state index contributed by atoms with van der Waals surface area (Å²) in [6.45, 7) is 36.0. The van der Waals surface area contributed by atoms with Crippen molar-refractivity contribution in [1.82, 2.24) is 0 Å². The van der Waals surface area contributed by atoms with Crippen molar-refractivity contribution in [3.8, 4) is 22.3 Å². The molecule has 0 aliphatic heterocycles. The average molecular weight is 859 g/mol. The van der Waals surface area contributed by atoms with Gasteiger partial charge in [-0.05, 0) is 107 Å². The highest BCUT2D eigenvalue weighted by atomic mass is 15.2. The molecule has 64 heavy (non-hydrogen) atoms. The number of anilines is 6. The molecule has 0 unspecified atom stereocenters. The third-order valence-corrected chi connectivity index (χ3v) is 9.47. The van der Waals surface area contributed by atoms with Crippen LogP contribution < -0.4 is 9.80 Å². The Balaban J connectivity index is 0.00000198. The molecule has 0 spiro atoms. The molecule has 2 aliphatic carbocycles. The maximum absolute atomic E-state index is 2.41. The Hall–Kier alpha value is -5.86. The van der Waals surface area contributed by atoms with Crippen molar-refractivity contribution in [3.05, 3.63) is 192 Å². The summed E-state index contributed by atoms with van der Waals surface area (Å²) in [6, 6.07) is 61.7. The predicted molar refractivity (Wildman–Crippen MR) is 294 cm³/mol. The minimum Gasteiger partial charge on any atom is -0.310 e. The van der Waals surface area contributed by atoms with Gasteiger partial charge in [0.2, 0.25) is 0 Å². The van der Waals surface area contributed by atoms with Crippen molar-refractivity contribution < 1.29 is 0 Å². The lowest BCUT2D eigenvalue weighted by Gasteiger charge is -2.30. The van der Waals surface area contributed by atoms with E-state index >= 15 is 0 Å². The van der Waals surface area contributed by atoms with E-state index in [2.05, 4.69) is 180 Å². The smallest absolute Gasteiger partial charge is 0.0543 e. The Labute approximate surface area is 394 Å². The third kappa shape index (κ3) is 14.1. The maximum Gasteiger partial charge on any atom is 0.0543 e. The zero-order valence-electron chi connectivity index (χ0n) is 43.5. The van der Waals surface area contributed by atoms with Crippen LogP contribution in [0.25, 0.3) is 22.3 Å². The predicted octanol–water partition coefficient (Wildman–Crippen LogP) is 21.0. The van der Waals surface area contributed by atoms with Crippen LogP contribution in [0.4, 0.5) is 34.1 Å². The minimum absolute atomic E-state index is 0.970.